The van der Waals surface area contributed by atoms with Crippen LogP contribution in [0.25, 0.3) is 0 Å². The number of rotatable bonds is 2. The number of halogens is 4. The molecular formula is C18H12F4N4O2. The number of imide groups is 1. The van der Waals surface area contributed by atoms with Gasteiger partial charge in [0.15, 0.2) is 12.1 Å². The average molecular weight is 392 g/mol. The highest BCUT2D eigenvalue weighted by Crippen LogP contribution is 2.37. The lowest BCUT2D eigenvalue weighted by Crippen LogP contribution is -2.40. The number of aryl methyl sites for hydroxylation is 1. The van der Waals surface area contributed by atoms with Gasteiger partial charge in [0, 0.05) is 0 Å². The first-order valence-corrected chi connectivity index (χ1v) is 8.20. The summed E-state index contributed by atoms with van der Waals surface area (Å²) in [5.74, 6) is -2.04. The molecule has 2 aromatic rings. The van der Waals surface area contributed by atoms with E-state index in [-0.39, 0.29) is 11.4 Å². The number of carbonyl (C=O) groups excluding carboxylic acids is 2. The Balaban J connectivity index is 1.70. The second-order valence-electron chi connectivity index (χ2n) is 6.43. The van der Waals surface area contributed by atoms with Gasteiger partial charge in [0.25, 0.3) is 11.8 Å². The van der Waals surface area contributed by atoms with Crippen LogP contribution in [0, 0.1) is 12.7 Å². The van der Waals surface area contributed by atoms with Crippen LogP contribution in [0.3, 0.4) is 0 Å². The quantitative estimate of drug-likeness (QED) is 0.579. The molecule has 4 rings (SSSR count). The molecule has 2 heterocycles. The van der Waals surface area contributed by atoms with E-state index in [0.29, 0.717) is 5.56 Å². The molecule has 6 nitrogen and oxygen atoms in total. The van der Waals surface area contributed by atoms with Crippen LogP contribution in [-0.2, 0) is 15.8 Å². The van der Waals surface area contributed by atoms with Crippen molar-refractivity contribution in [2.45, 2.75) is 25.2 Å². The molecule has 0 N–H and O–H groups in total. The molecule has 0 aromatic heterocycles. The molecule has 2 amide bonds. The van der Waals surface area contributed by atoms with Crippen molar-refractivity contribution in [2.24, 2.45) is 10.3 Å². The maximum Gasteiger partial charge on any atom is 0.416 e. The number of carbonyl (C=O) groups is 2. The number of benzene rings is 2. The van der Waals surface area contributed by atoms with Gasteiger partial charge in [-0.15, -0.1) is 0 Å². The van der Waals surface area contributed by atoms with Crippen LogP contribution < -0.4 is 9.91 Å². The lowest BCUT2D eigenvalue weighted by atomic mass is 10.1. The Kier molecular flexibility index (Phi) is 3.95. The molecule has 2 aliphatic rings. The van der Waals surface area contributed by atoms with Crippen molar-refractivity contribution >= 4 is 23.2 Å². The van der Waals surface area contributed by atoms with Crippen molar-refractivity contribution in [2.75, 3.05) is 9.91 Å². The SMILES string of the molecule is Cc1ccc(N2C(=O)C3N=NN(c4cccc(C(F)(F)F)c4)C3C2=O)cc1F. The monoisotopic (exact) mass is 392 g/mol. The Bertz CT molecular complexity index is 1020. The number of fused-ring (bicyclic) bond motifs is 1. The Hall–Kier alpha value is -3.30. The van der Waals surface area contributed by atoms with E-state index >= 15 is 0 Å². The van der Waals surface area contributed by atoms with Crippen molar-refractivity contribution in [3.8, 4) is 0 Å². The first kappa shape index (κ1) is 18.1. The van der Waals surface area contributed by atoms with E-state index in [2.05, 4.69) is 10.3 Å². The third-order valence-corrected chi connectivity index (χ3v) is 4.63. The standard InChI is InChI=1S/C18H12F4N4O2/c1-9-5-6-11(8-13(9)19)25-16(27)14-15(17(25)28)26(24-23-14)12-4-2-3-10(7-12)18(20,21)22/h2-8,14-15H,1H3. The van der Waals surface area contributed by atoms with Crippen molar-refractivity contribution < 1.29 is 27.2 Å². The van der Waals surface area contributed by atoms with E-state index in [1.807, 2.05) is 0 Å². The highest BCUT2D eigenvalue weighted by atomic mass is 19.4. The summed E-state index contributed by atoms with van der Waals surface area (Å²) in [5.41, 5.74) is -0.568. The molecule has 1 fully saturated rings. The summed E-state index contributed by atoms with van der Waals surface area (Å²) >= 11 is 0. The largest absolute Gasteiger partial charge is 0.416 e. The van der Waals surface area contributed by atoms with Crippen LogP contribution in [0.5, 0.6) is 0 Å². The molecule has 2 atom stereocenters. The molecular weight excluding hydrogens is 380 g/mol. The average Bonchev–Trinajstić information content (AvgIpc) is 3.18. The molecule has 1 saturated heterocycles. The zero-order valence-electron chi connectivity index (χ0n) is 14.3. The fraction of sp³-hybridized carbons (Fsp3) is 0.222. The number of hydrogen-bond acceptors (Lipinski definition) is 5. The van der Waals surface area contributed by atoms with Crippen LogP contribution >= 0.6 is 0 Å². The number of amides is 2. The van der Waals surface area contributed by atoms with Crippen molar-refractivity contribution in [3.63, 3.8) is 0 Å². The third-order valence-electron chi connectivity index (χ3n) is 4.63. The summed E-state index contributed by atoms with van der Waals surface area (Å²) in [7, 11) is 0. The Morgan fingerprint density at radius 1 is 1.00 bits per heavy atom. The van der Waals surface area contributed by atoms with Crippen LogP contribution in [0.4, 0.5) is 28.9 Å². The van der Waals surface area contributed by atoms with Gasteiger partial charge in [0.1, 0.15) is 5.82 Å². The summed E-state index contributed by atoms with van der Waals surface area (Å²) in [6.45, 7) is 1.53. The van der Waals surface area contributed by atoms with E-state index in [4.69, 9.17) is 0 Å². The van der Waals surface area contributed by atoms with Gasteiger partial charge in [-0.1, -0.05) is 17.4 Å². The molecule has 0 spiro atoms. The minimum Gasteiger partial charge on any atom is -0.271 e. The highest BCUT2D eigenvalue weighted by molar-refractivity contribution is 6.26. The topological polar surface area (TPSA) is 65.3 Å². The number of hydrogen-bond donors (Lipinski definition) is 0. The van der Waals surface area contributed by atoms with Crippen LogP contribution in [0.2, 0.25) is 0 Å². The minimum absolute atomic E-state index is 0.0239. The van der Waals surface area contributed by atoms with Gasteiger partial charge in [-0.2, -0.15) is 18.3 Å². The Labute approximate surface area is 156 Å². The van der Waals surface area contributed by atoms with Gasteiger partial charge in [0.2, 0.25) is 0 Å². The Morgan fingerprint density at radius 2 is 1.75 bits per heavy atom. The summed E-state index contributed by atoms with van der Waals surface area (Å²) in [6.07, 6.45) is -4.58. The van der Waals surface area contributed by atoms with Gasteiger partial charge < -0.3 is 0 Å². The fourth-order valence-electron chi connectivity index (χ4n) is 3.17. The predicted molar refractivity (Wildman–Crippen MR) is 90.0 cm³/mol. The van der Waals surface area contributed by atoms with Gasteiger partial charge in [-0.3, -0.25) is 9.59 Å². The number of anilines is 2. The summed E-state index contributed by atoms with van der Waals surface area (Å²) in [6, 6.07) is 5.69. The van der Waals surface area contributed by atoms with Crippen molar-refractivity contribution in [3.05, 3.63) is 59.4 Å². The molecule has 10 heteroatoms. The van der Waals surface area contributed by atoms with E-state index in [1.54, 1.807) is 0 Å². The smallest absolute Gasteiger partial charge is 0.271 e. The molecule has 0 radical (unpaired) electrons. The third kappa shape index (κ3) is 2.72. The fourth-order valence-corrected chi connectivity index (χ4v) is 3.17. The normalized spacial score (nSPS) is 21.6. The highest BCUT2D eigenvalue weighted by Gasteiger charge is 2.55. The van der Waals surface area contributed by atoms with E-state index in [9.17, 15) is 27.2 Å². The van der Waals surface area contributed by atoms with E-state index in [0.717, 1.165) is 28.1 Å². The molecule has 2 aliphatic heterocycles. The molecule has 28 heavy (non-hydrogen) atoms. The van der Waals surface area contributed by atoms with Gasteiger partial charge in [-0.25, -0.2) is 14.3 Å². The number of nitrogens with zero attached hydrogens (tertiary/aromatic N) is 4. The number of alkyl halides is 3. The summed E-state index contributed by atoms with van der Waals surface area (Å²) in [5, 5.41) is 8.47. The molecule has 0 bridgehead atoms. The van der Waals surface area contributed by atoms with Crippen molar-refractivity contribution in [1.82, 2.24) is 0 Å². The zero-order chi connectivity index (χ0) is 20.2. The van der Waals surface area contributed by atoms with E-state index < -0.39 is 41.5 Å². The second kappa shape index (κ2) is 6.11. The van der Waals surface area contributed by atoms with Gasteiger partial charge in [0.05, 0.1) is 16.9 Å². The van der Waals surface area contributed by atoms with Crippen LogP contribution in [-0.4, -0.2) is 23.9 Å². The summed E-state index contributed by atoms with van der Waals surface area (Å²) in [4.78, 5) is 26.3. The van der Waals surface area contributed by atoms with Gasteiger partial charge >= 0.3 is 6.18 Å². The van der Waals surface area contributed by atoms with Crippen LogP contribution in [0.15, 0.2) is 52.8 Å². The molecule has 2 aromatic carbocycles. The molecule has 0 saturated carbocycles. The zero-order valence-corrected chi connectivity index (χ0v) is 14.3. The lowest BCUT2D eigenvalue weighted by Gasteiger charge is -2.21. The maximum atomic E-state index is 13.9. The second-order valence-corrected chi connectivity index (χ2v) is 6.43. The van der Waals surface area contributed by atoms with Crippen LogP contribution in [0.1, 0.15) is 11.1 Å². The molecule has 144 valence electrons. The first-order valence-electron chi connectivity index (χ1n) is 8.20. The Morgan fingerprint density at radius 3 is 2.43 bits per heavy atom. The molecule has 2 unspecified atom stereocenters. The summed E-state index contributed by atoms with van der Waals surface area (Å²) < 4.78 is 52.8. The first-order chi connectivity index (χ1) is 13.2. The maximum absolute atomic E-state index is 13.9. The van der Waals surface area contributed by atoms with Crippen molar-refractivity contribution in [1.29, 1.82) is 0 Å². The minimum atomic E-state index is -4.58. The van der Waals surface area contributed by atoms with Gasteiger partial charge in [-0.05, 0) is 42.8 Å². The lowest BCUT2D eigenvalue weighted by molar-refractivity contribution is -0.137. The molecule has 0 aliphatic carbocycles. The predicted octanol–water partition coefficient (Wildman–Crippen LogP) is 3.65. The van der Waals surface area contributed by atoms with E-state index in [1.165, 1.54) is 31.2 Å².